The van der Waals surface area contributed by atoms with Gasteiger partial charge in [-0.25, -0.2) is 9.78 Å². The molecule has 1 aliphatic heterocycles. The number of ether oxygens (including phenoxy) is 3. The number of fused-ring (bicyclic) bond motifs is 2. The number of thiophene rings is 1. The number of esters is 1. The molecule has 0 saturated heterocycles. The van der Waals surface area contributed by atoms with E-state index in [1.807, 2.05) is 0 Å². The lowest BCUT2D eigenvalue weighted by atomic mass is 10.2. The molecule has 10 heteroatoms. The highest BCUT2D eigenvalue weighted by molar-refractivity contribution is 7.20. The SMILES string of the molecule is CCOC(=O)c1sc2nc(/C(Cl)=C/c3cc(Cl)c4c(c3)OCO4)[nH]c(=O)c2c1C. The van der Waals surface area contributed by atoms with E-state index < -0.39 is 5.97 Å². The predicted molar refractivity (Wildman–Crippen MR) is 112 cm³/mol. The Bertz CT molecular complexity index is 1230. The quantitative estimate of drug-likeness (QED) is 0.582. The number of nitrogens with one attached hydrogen (secondary N) is 1. The number of benzene rings is 1. The first kappa shape index (κ1) is 19.8. The molecule has 3 heterocycles. The molecular formula is C19H14Cl2N2O5S. The van der Waals surface area contributed by atoms with Crippen molar-refractivity contribution in [2.45, 2.75) is 13.8 Å². The highest BCUT2D eigenvalue weighted by Crippen LogP contribution is 2.40. The molecule has 0 amide bonds. The van der Waals surface area contributed by atoms with E-state index in [-0.39, 0.29) is 29.8 Å². The van der Waals surface area contributed by atoms with E-state index in [9.17, 15) is 9.59 Å². The van der Waals surface area contributed by atoms with Crippen LogP contribution >= 0.6 is 34.5 Å². The van der Waals surface area contributed by atoms with Gasteiger partial charge in [-0.2, -0.15) is 0 Å². The minimum atomic E-state index is -0.481. The van der Waals surface area contributed by atoms with Gasteiger partial charge in [0.05, 0.1) is 22.0 Å². The Morgan fingerprint density at radius 1 is 1.41 bits per heavy atom. The Morgan fingerprint density at radius 2 is 2.21 bits per heavy atom. The Balaban J connectivity index is 1.76. The van der Waals surface area contributed by atoms with Gasteiger partial charge >= 0.3 is 5.97 Å². The second kappa shape index (κ2) is 7.70. The van der Waals surface area contributed by atoms with E-state index in [2.05, 4.69) is 9.97 Å². The second-order valence-corrected chi connectivity index (χ2v) is 7.91. The third-order valence-corrected chi connectivity index (χ3v) is 5.97. The molecule has 29 heavy (non-hydrogen) atoms. The molecule has 2 aromatic heterocycles. The van der Waals surface area contributed by atoms with Gasteiger partial charge in [-0.15, -0.1) is 11.3 Å². The van der Waals surface area contributed by atoms with Gasteiger partial charge in [-0.3, -0.25) is 4.79 Å². The van der Waals surface area contributed by atoms with Gasteiger partial charge in [0.1, 0.15) is 9.71 Å². The molecule has 1 aliphatic rings. The zero-order valence-electron chi connectivity index (χ0n) is 15.3. The van der Waals surface area contributed by atoms with Crippen LogP contribution in [0.15, 0.2) is 16.9 Å². The van der Waals surface area contributed by atoms with Crippen LogP contribution in [0.4, 0.5) is 0 Å². The summed E-state index contributed by atoms with van der Waals surface area (Å²) in [5, 5.41) is 0.931. The van der Waals surface area contributed by atoms with Crippen molar-refractivity contribution in [3.05, 3.63) is 49.3 Å². The van der Waals surface area contributed by atoms with E-state index in [1.54, 1.807) is 32.1 Å². The second-order valence-electron chi connectivity index (χ2n) is 6.10. The van der Waals surface area contributed by atoms with Gasteiger partial charge in [0.2, 0.25) is 6.79 Å². The maximum Gasteiger partial charge on any atom is 0.348 e. The number of carbonyl (C=O) groups is 1. The third kappa shape index (κ3) is 3.59. The van der Waals surface area contributed by atoms with Crippen molar-refractivity contribution in [2.75, 3.05) is 13.4 Å². The van der Waals surface area contributed by atoms with Crippen molar-refractivity contribution in [1.29, 1.82) is 0 Å². The van der Waals surface area contributed by atoms with Gasteiger partial charge in [0.25, 0.3) is 5.56 Å². The van der Waals surface area contributed by atoms with Crippen LogP contribution in [-0.2, 0) is 4.74 Å². The lowest BCUT2D eigenvalue weighted by Crippen LogP contribution is -2.10. The third-order valence-electron chi connectivity index (χ3n) is 4.23. The number of nitrogens with zero attached hydrogens (tertiary/aromatic N) is 1. The Labute approximate surface area is 178 Å². The summed E-state index contributed by atoms with van der Waals surface area (Å²) in [6.07, 6.45) is 1.60. The lowest BCUT2D eigenvalue weighted by molar-refractivity contribution is 0.0531. The summed E-state index contributed by atoms with van der Waals surface area (Å²) in [5.74, 6) is 0.687. The largest absolute Gasteiger partial charge is 0.462 e. The van der Waals surface area contributed by atoms with Gasteiger partial charge in [0.15, 0.2) is 17.3 Å². The molecule has 3 aromatic rings. The number of aromatic amines is 1. The van der Waals surface area contributed by atoms with Crippen molar-refractivity contribution < 1.29 is 19.0 Å². The molecule has 4 rings (SSSR count). The summed E-state index contributed by atoms with van der Waals surface area (Å²) in [4.78, 5) is 32.5. The molecular weight excluding hydrogens is 439 g/mol. The van der Waals surface area contributed by atoms with Gasteiger partial charge < -0.3 is 19.2 Å². The molecule has 7 nitrogen and oxygen atoms in total. The molecule has 0 radical (unpaired) electrons. The number of H-pyrrole nitrogens is 1. The number of aromatic nitrogens is 2. The van der Waals surface area contributed by atoms with Crippen LogP contribution in [0, 0.1) is 6.92 Å². The van der Waals surface area contributed by atoms with Crippen LogP contribution in [0.2, 0.25) is 5.02 Å². The summed E-state index contributed by atoms with van der Waals surface area (Å²) >= 11 is 13.7. The van der Waals surface area contributed by atoms with Crippen LogP contribution < -0.4 is 15.0 Å². The lowest BCUT2D eigenvalue weighted by Gasteiger charge is -2.03. The molecule has 0 unspecified atom stereocenters. The standard InChI is InChI=1S/C19H14Cl2N2O5S/c1-3-26-19(25)15-8(2)13-17(24)22-16(23-18(13)29-15)11(21)5-9-4-10(20)14-12(6-9)27-7-28-14/h4-6H,3,7H2,1-2H3,(H,22,23,24)/b11-5-. The van der Waals surface area contributed by atoms with Crippen LogP contribution in [0.1, 0.15) is 33.5 Å². The van der Waals surface area contributed by atoms with Gasteiger partial charge in [-0.1, -0.05) is 23.2 Å². The summed E-state index contributed by atoms with van der Waals surface area (Å²) in [6, 6.07) is 3.39. The minimum absolute atomic E-state index is 0.0992. The van der Waals surface area contributed by atoms with E-state index >= 15 is 0 Å². The number of rotatable bonds is 4. The molecule has 1 N–H and O–H groups in total. The van der Waals surface area contributed by atoms with Gasteiger partial charge in [-0.05, 0) is 43.2 Å². The van der Waals surface area contributed by atoms with Crippen molar-refractivity contribution >= 4 is 61.8 Å². The summed E-state index contributed by atoms with van der Waals surface area (Å²) in [7, 11) is 0. The molecule has 0 saturated carbocycles. The Morgan fingerprint density at radius 3 is 2.97 bits per heavy atom. The number of hydrogen-bond acceptors (Lipinski definition) is 7. The van der Waals surface area contributed by atoms with Crippen LogP contribution in [0.3, 0.4) is 0 Å². The molecule has 0 fully saturated rings. The average molecular weight is 453 g/mol. The van der Waals surface area contributed by atoms with Gasteiger partial charge in [0, 0.05) is 0 Å². The molecule has 150 valence electrons. The number of carbonyl (C=O) groups excluding carboxylic acids is 1. The average Bonchev–Trinajstić information content (AvgIpc) is 3.27. The number of hydrogen-bond donors (Lipinski definition) is 1. The monoisotopic (exact) mass is 452 g/mol. The van der Waals surface area contributed by atoms with Crippen molar-refractivity contribution in [2.24, 2.45) is 0 Å². The summed E-state index contributed by atoms with van der Waals surface area (Å²) in [6.45, 7) is 3.75. The Hall–Kier alpha value is -2.55. The number of aryl methyl sites for hydroxylation is 1. The van der Waals surface area contributed by atoms with Crippen molar-refractivity contribution in [1.82, 2.24) is 9.97 Å². The van der Waals surface area contributed by atoms with E-state index in [0.717, 1.165) is 11.3 Å². The molecule has 0 spiro atoms. The summed E-state index contributed by atoms with van der Waals surface area (Å²) < 4.78 is 15.7. The molecule has 1 aromatic carbocycles. The van der Waals surface area contributed by atoms with Crippen LogP contribution in [0.25, 0.3) is 21.3 Å². The first-order valence-corrected chi connectivity index (χ1v) is 10.1. The van der Waals surface area contributed by atoms with Crippen molar-refractivity contribution in [3.8, 4) is 11.5 Å². The van der Waals surface area contributed by atoms with E-state index in [1.165, 1.54) is 0 Å². The predicted octanol–water partition coefficient (Wildman–Crippen LogP) is 4.59. The normalized spacial score (nSPS) is 13.2. The van der Waals surface area contributed by atoms with E-state index in [4.69, 9.17) is 37.4 Å². The fraction of sp³-hybridized carbons (Fsp3) is 0.211. The Kier molecular flexibility index (Phi) is 5.24. The topological polar surface area (TPSA) is 90.5 Å². The molecule has 0 bridgehead atoms. The maximum atomic E-state index is 12.6. The smallest absolute Gasteiger partial charge is 0.348 e. The first-order chi connectivity index (χ1) is 13.9. The number of halogens is 2. The zero-order chi connectivity index (χ0) is 20.7. The zero-order valence-corrected chi connectivity index (χ0v) is 17.6. The molecule has 0 aliphatic carbocycles. The van der Waals surface area contributed by atoms with Crippen LogP contribution in [-0.4, -0.2) is 29.3 Å². The minimum Gasteiger partial charge on any atom is -0.462 e. The first-order valence-electron chi connectivity index (χ1n) is 8.56. The fourth-order valence-electron chi connectivity index (χ4n) is 2.93. The van der Waals surface area contributed by atoms with Crippen LogP contribution in [0.5, 0.6) is 11.5 Å². The highest BCUT2D eigenvalue weighted by atomic mass is 35.5. The maximum absolute atomic E-state index is 12.6. The van der Waals surface area contributed by atoms with Crippen molar-refractivity contribution in [3.63, 3.8) is 0 Å². The highest BCUT2D eigenvalue weighted by Gasteiger charge is 2.21. The summed E-state index contributed by atoms with van der Waals surface area (Å²) in [5.41, 5.74) is 0.803. The van der Waals surface area contributed by atoms with E-state index in [0.29, 0.717) is 42.7 Å². The molecule has 0 atom stereocenters. The fourth-order valence-corrected chi connectivity index (χ4v) is 4.50.